The molecule has 21 heavy (non-hydrogen) atoms. The first kappa shape index (κ1) is 14.5. The van der Waals surface area contributed by atoms with Gasteiger partial charge < -0.3 is 19.7 Å². The summed E-state index contributed by atoms with van der Waals surface area (Å²) in [5.74, 6) is 0.781. The number of halogens is 1. The van der Waals surface area contributed by atoms with Gasteiger partial charge in [0.15, 0.2) is 0 Å². The van der Waals surface area contributed by atoms with Crippen LogP contribution in [0.5, 0.6) is 5.75 Å². The molecule has 1 aromatic carbocycles. The summed E-state index contributed by atoms with van der Waals surface area (Å²) in [5.41, 5.74) is 0. The number of amides is 2. The molecule has 1 N–H and O–H groups in total. The molecule has 0 radical (unpaired) electrons. The lowest BCUT2D eigenvalue weighted by Crippen LogP contribution is -2.59. The Labute approximate surface area is 129 Å². The minimum atomic E-state index is -0.0403. The fourth-order valence-corrected chi connectivity index (χ4v) is 2.63. The molecule has 0 unspecified atom stereocenters. The van der Waals surface area contributed by atoms with Crippen molar-refractivity contribution in [1.29, 1.82) is 0 Å². The number of rotatable bonds is 4. The van der Waals surface area contributed by atoms with Crippen molar-refractivity contribution in [3.8, 4) is 5.75 Å². The van der Waals surface area contributed by atoms with Crippen molar-refractivity contribution in [3.05, 3.63) is 29.3 Å². The van der Waals surface area contributed by atoms with Crippen molar-refractivity contribution in [2.45, 2.75) is 25.0 Å². The van der Waals surface area contributed by atoms with Crippen LogP contribution in [0.1, 0.15) is 12.8 Å². The molecule has 3 rings (SSSR count). The van der Waals surface area contributed by atoms with E-state index < -0.39 is 0 Å². The van der Waals surface area contributed by atoms with Crippen LogP contribution < -0.4 is 10.1 Å². The minimum absolute atomic E-state index is 0.0403. The Hall–Kier alpha value is -1.46. The number of hydrogen-bond donors (Lipinski definition) is 1. The summed E-state index contributed by atoms with van der Waals surface area (Å²) in [6.45, 7) is 2.62. The van der Waals surface area contributed by atoms with E-state index in [-0.39, 0.29) is 18.2 Å². The van der Waals surface area contributed by atoms with Crippen LogP contribution in [-0.4, -0.2) is 49.4 Å². The van der Waals surface area contributed by atoms with Crippen molar-refractivity contribution < 1.29 is 14.3 Å². The zero-order chi connectivity index (χ0) is 14.7. The minimum Gasteiger partial charge on any atom is -0.487 e. The van der Waals surface area contributed by atoms with Crippen LogP contribution in [0, 0.1) is 0 Å². The first-order valence-electron chi connectivity index (χ1n) is 7.27. The van der Waals surface area contributed by atoms with Gasteiger partial charge in [-0.25, -0.2) is 4.79 Å². The number of carbonyl (C=O) groups excluding carboxylic acids is 1. The fraction of sp³-hybridized carbons (Fsp3) is 0.533. The summed E-state index contributed by atoms with van der Waals surface area (Å²) in [6, 6.07) is 7.22. The summed E-state index contributed by atoms with van der Waals surface area (Å²) >= 11 is 5.82. The largest absolute Gasteiger partial charge is 0.487 e. The van der Waals surface area contributed by atoms with Crippen molar-refractivity contribution >= 4 is 17.6 Å². The Morgan fingerprint density at radius 3 is 2.81 bits per heavy atom. The van der Waals surface area contributed by atoms with Crippen molar-refractivity contribution in [2.24, 2.45) is 0 Å². The normalized spacial score (nSPS) is 22.0. The predicted molar refractivity (Wildman–Crippen MR) is 79.8 cm³/mol. The van der Waals surface area contributed by atoms with Crippen molar-refractivity contribution in [2.75, 3.05) is 26.2 Å². The van der Waals surface area contributed by atoms with Gasteiger partial charge in [0.2, 0.25) is 0 Å². The molecular weight excluding hydrogens is 292 g/mol. The second kappa shape index (κ2) is 6.54. The summed E-state index contributed by atoms with van der Waals surface area (Å²) in [6.07, 6.45) is 2.35. The third-order valence-electron chi connectivity index (χ3n) is 3.76. The van der Waals surface area contributed by atoms with Gasteiger partial charge in [0.1, 0.15) is 11.9 Å². The predicted octanol–water partition coefficient (Wildman–Crippen LogP) is 2.29. The first-order valence-corrected chi connectivity index (χ1v) is 7.65. The van der Waals surface area contributed by atoms with Crippen LogP contribution in [0.4, 0.5) is 4.79 Å². The van der Waals surface area contributed by atoms with E-state index in [1.165, 1.54) is 0 Å². The molecule has 0 bridgehead atoms. The average Bonchev–Trinajstić information content (AvgIpc) is 2.95. The number of benzene rings is 1. The maximum atomic E-state index is 11.9. The number of nitrogens with one attached hydrogen (secondary N) is 1. The van der Waals surface area contributed by atoms with Crippen LogP contribution in [0.15, 0.2) is 24.3 Å². The van der Waals surface area contributed by atoms with Gasteiger partial charge in [-0.1, -0.05) is 11.6 Å². The van der Waals surface area contributed by atoms with Crippen LogP contribution in [0.25, 0.3) is 0 Å². The van der Waals surface area contributed by atoms with E-state index in [2.05, 4.69) is 5.32 Å². The van der Waals surface area contributed by atoms with Crippen LogP contribution in [-0.2, 0) is 4.74 Å². The average molecular weight is 311 g/mol. The lowest BCUT2D eigenvalue weighted by Gasteiger charge is -2.38. The Balaban J connectivity index is 1.36. The molecule has 114 valence electrons. The summed E-state index contributed by atoms with van der Waals surface area (Å²) in [4.78, 5) is 13.7. The van der Waals surface area contributed by atoms with Gasteiger partial charge in [0, 0.05) is 18.2 Å². The van der Waals surface area contributed by atoms with Gasteiger partial charge >= 0.3 is 6.03 Å². The van der Waals surface area contributed by atoms with E-state index in [4.69, 9.17) is 21.1 Å². The summed E-state index contributed by atoms with van der Waals surface area (Å²) < 4.78 is 11.2. The van der Waals surface area contributed by atoms with Gasteiger partial charge in [-0.05, 0) is 37.1 Å². The van der Waals surface area contributed by atoms with Gasteiger partial charge in [-0.15, -0.1) is 0 Å². The monoisotopic (exact) mass is 310 g/mol. The lowest BCUT2D eigenvalue weighted by atomic mass is 10.2. The van der Waals surface area contributed by atoms with E-state index >= 15 is 0 Å². The standard InChI is InChI=1S/C15H19ClN2O3/c16-11-3-5-12(6-4-11)21-14-9-18(10-14)15(19)17-8-13-2-1-7-20-13/h3-6,13-14H,1-2,7-10H2,(H,17,19)/t13-/m0/s1. The van der Waals surface area contributed by atoms with Gasteiger partial charge in [0.05, 0.1) is 19.2 Å². The van der Waals surface area contributed by atoms with E-state index in [0.717, 1.165) is 25.2 Å². The Kier molecular flexibility index (Phi) is 4.51. The first-order chi connectivity index (χ1) is 10.2. The number of urea groups is 1. The zero-order valence-corrected chi connectivity index (χ0v) is 12.5. The van der Waals surface area contributed by atoms with Crippen molar-refractivity contribution in [1.82, 2.24) is 10.2 Å². The number of nitrogens with zero attached hydrogens (tertiary/aromatic N) is 1. The maximum Gasteiger partial charge on any atom is 0.317 e. The summed E-state index contributed by atoms with van der Waals surface area (Å²) in [7, 11) is 0. The maximum absolute atomic E-state index is 11.9. The highest BCUT2D eigenvalue weighted by Gasteiger charge is 2.32. The Morgan fingerprint density at radius 1 is 1.38 bits per heavy atom. The highest BCUT2D eigenvalue weighted by Crippen LogP contribution is 2.20. The zero-order valence-electron chi connectivity index (χ0n) is 11.8. The van der Waals surface area contributed by atoms with E-state index in [1.54, 1.807) is 17.0 Å². The van der Waals surface area contributed by atoms with Crippen LogP contribution in [0.3, 0.4) is 0 Å². The Bertz CT molecular complexity index is 482. The molecule has 5 nitrogen and oxygen atoms in total. The molecule has 2 aliphatic rings. The quantitative estimate of drug-likeness (QED) is 0.928. The van der Waals surface area contributed by atoms with E-state index in [9.17, 15) is 4.79 Å². The van der Waals surface area contributed by atoms with Crippen molar-refractivity contribution in [3.63, 3.8) is 0 Å². The molecule has 2 aliphatic heterocycles. The molecule has 2 saturated heterocycles. The molecule has 0 aliphatic carbocycles. The molecular formula is C15H19ClN2O3. The molecule has 1 atom stereocenters. The fourth-order valence-electron chi connectivity index (χ4n) is 2.50. The third kappa shape index (κ3) is 3.80. The molecule has 2 amide bonds. The second-order valence-electron chi connectivity index (χ2n) is 5.42. The topological polar surface area (TPSA) is 50.8 Å². The van der Waals surface area contributed by atoms with Crippen LogP contribution in [0.2, 0.25) is 5.02 Å². The number of ether oxygens (including phenoxy) is 2. The third-order valence-corrected chi connectivity index (χ3v) is 4.01. The number of hydrogen-bond acceptors (Lipinski definition) is 3. The van der Waals surface area contributed by atoms with E-state index in [0.29, 0.717) is 24.7 Å². The molecule has 1 aromatic rings. The van der Waals surface area contributed by atoms with Crippen LogP contribution >= 0.6 is 11.6 Å². The molecule has 6 heteroatoms. The molecule has 0 aromatic heterocycles. The van der Waals surface area contributed by atoms with E-state index in [1.807, 2.05) is 12.1 Å². The highest BCUT2D eigenvalue weighted by molar-refractivity contribution is 6.30. The van der Waals surface area contributed by atoms with Gasteiger partial charge in [-0.3, -0.25) is 0 Å². The van der Waals surface area contributed by atoms with Gasteiger partial charge in [0.25, 0.3) is 0 Å². The molecule has 0 spiro atoms. The second-order valence-corrected chi connectivity index (χ2v) is 5.86. The SMILES string of the molecule is O=C(NC[C@@H]1CCCO1)N1CC(Oc2ccc(Cl)cc2)C1. The lowest BCUT2D eigenvalue weighted by molar-refractivity contribution is 0.0421. The molecule has 2 fully saturated rings. The highest BCUT2D eigenvalue weighted by atomic mass is 35.5. The number of carbonyl (C=O) groups is 1. The smallest absolute Gasteiger partial charge is 0.317 e. The Morgan fingerprint density at radius 2 is 2.14 bits per heavy atom. The molecule has 0 saturated carbocycles. The van der Waals surface area contributed by atoms with Gasteiger partial charge in [-0.2, -0.15) is 0 Å². The number of likely N-dealkylation sites (tertiary alicyclic amines) is 1. The summed E-state index contributed by atoms with van der Waals surface area (Å²) in [5, 5.41) is 3.59. The molecule has 2 heterocycles.